The predicted octanol–water partition coefficient (Wildman–Crippen LogP) is 2.57. The van der Waals surface area contributed by atoms with E-state index >= 15 is 0 Å². The first-order valence-electron chi connectivity index (χ1n) is 6.42. The van der Waals surface area contributed by atoms with Crippen LogP contribution in [0.15, 0.2) is 36.6 Å². The quantitative estimate of drug-likeness (QED) is 0.392. The number of hydrogen-bond donors (Lipinski definition) is 0. The molecule has 106 valence electrons. The van der Waals surface area contributed by atoms with Crippen LogP contribution in [-0.4, -0.2) is 6.61 Å². The summed E-state index contributed by atoms with van der Waals surface area (Å²) in [6, 6.07) is 4.44. The SMILES string of the molecule is O=c1cc(CCl)c2c(cc3c4c(cc(=O)oc42)CCO3)o1. The Labute approximate surface area is 122 Å². The molecule has 0 amide bonds. The molecule has 6 heteroatoms. The second-order valence-corrected chi connectivity index (χ2v) is 5.13. The third kappa shape index (κ3) is 1.77. The van der Waals surface area contributed by atoms with E-state index in [-0.39, 0.29) is 5.88 Å². The molecule has 0 aliphatic carbocycles. The zero-order valence-electron chi connectivity index (χ0n) is 10.8. The highest BCUT2D eigenvalue weighted by atomic mass is 35.5. The smallest absolute Gasteiger partial charge is 0.336 e. The maximum atomic E-state index is 11.8. The topological polar surface area (TPSA) is 69.7 Å². The molecule has 2 aromatic heterocycles. The van der Waals surface area contributed by atoms with Crippen LogP contribution in [0.5, 0.6) is 5.75 Å². The molecule has 1 aliphatic heterocycles. The number of benzene rings is 1. The maximum absolute atomic E-state index is 11.8. The second kappa shape index (κ2) is 4.36. The summed E-state index contributed by atoms with van der Waals surface area (Å²) < 4.78 is 16.2. The Hall–Kier alpha value is -2.27. The molecule has 3 aromatic rings. The fourth-order valence-electron chi connectivity index (χ4n) is 2.79. The highest BCUT2D eigenvalue weighted by Crippen LogP contribution is 2.38. The van der Waals surface area contributed by atoms with Crippen molar-refractivity contribution in [2.45, 2.75) is 12.3 Å². The number of rotatable bonds is 1. The van der Waals surface area contributed by atoms with E-state index in [4.69, 9.17) is 25.2 Å². The Kier molecular flexibility index (Phi) is 2.59. The van der Waals surface area contributed by atoms with E-state index < -0.39 is 11.3 Å². The summed E-state index contributed by atoms with van der Waals surface area (Å²) in [5.41, 5.74) is 1.17. The van der Waals surface area contributed by atoms with Crippen LogP contribution >= 0.6 is 11.6 Å². The Morgan fingerprint density at radius 1 is 1.05 bits per heavy atom. The van der Waals surface area contributed by atoms with Crippen LogP contribution in [0.3, 0.4) is 0 Å². The van der Waals surface area contributed by atoms with E-state index in [9.17, 15) is 9.59 Å². The molecule has 4 rings (SSSR count). The minimum absolute atomic E-state index is 0.116. The minimum Gasteiger partial charge on any atom is -0.492 e. The van der Waals surface area contributed by atoms with Crippen molar-refractivity contribution in [2.75, 3.05) is 6.61 Å². The van der Waals surface area contributed by atoms with Crippen LogP contribution in [0, 0.1) is 0 Å². The Balaban J connectivity index is 2.34. The molecule has 0 bridgehead atoms. The molecule has 1 aliphatic rings. The summed E-state index contributed by atoms with van der Waals surface area (Å²) in [5.74, 6) is 0.670. The molecular weight excluding hydrogens is 296 g/mol. The average Bonchev–Trinajstić information content (AvgIpc) is 2.45. The summed E-state index contributed by atoms with van der Waals surface area (Å²) in [6.45, 7) is 0.469. The van der Waals surface area contributed by atoms with E-state index in [0.717, 1.165) is 10.9 Å². The fourth-order valence-corrected chi connectivity index (χ4v) is 3.00. The van der Waals surface area contributed by atoms with Crippen molar-refractivity contribution < 1.29 is 13.6 Å². The molecule has 21 heavy (non-hydrogen) atoms. The van der Waals surface area contributed by atoms with Crippen LogP contribution in [0.25, 0.3) is 21.9 Å². The highest BCUT2D eigenvalue weighted by molar-refractivity contribution is 6.19. The van der Waals surface area contributed by atoms with Gasteiger partial charge >= 0.3 is 11.3 Å². The van der Waals surface area contributed by atoms with Crippen molar-refractivity contribution in [3.8, 4) is 5.75 Å². The first kappa shape index (κ1) is 12.5. The van der Waals surface area contributed by atoms with Gasteiger partial charge in [0.25, 0.3) is 0 Å². The van der Waals surface area contributed by atoms with Gasteiger partial charge in [0.05, 0.1) is 17.4 Å². The van der Waals surface area contributed by atoms with Gasteiger partial charge in [0.2, 0.25) is 0 Å². The lowest BCUT2D eigenvalue weighted by Crippen LogP contribution is -2.12. The maximum Gasteiger partial charge on any atom is 0.336 e. The highest BCUT2D eigenvalue weighted by Gasteiger charge is 2.21. The predicted molar refractivity (Wildman–Crippen MR) is 77.3 cm³/mol. The van der Waals surface area contributed by atoms with Gasteiger partial charge in [-0.3, -0.25) is 0 Å². The summed E-state index contributed by atoms with van der Waals surface area (Å²) in [4.78, 5) is 23.4. The van der Waals surface area contributed by atoms with Gasteiger partial charge in [-0.15, -0.1) is 11.6 Å². The Bertz CT molecular complexity index is 999. The molecule has 0 spiro atoms. The first-order chi connectivity index (χ1) is 10.2. The van der Waals surface area contributed by atoms with Gasteiger partial charge < -0.3 is 13.6 Å². The molecule has 5 nitrogen and oxygen atoms in total. The minimum atomic E-state index is -0.501. The van der Waals surface area contributed by atoms with E-state index in [1.165, 1.54) is 12.1 Å². The van der Waals surface area contributed by atoms with E-state index in [2.05, 4.69) is 0 Å². The third-order valence-electron chi connectivity index (χ3n) is 3.62. The molecular formula is C15H9ClO5. The van der Waals surface area contributed by atoms with Crippen molar-refractivity contribution in [1.29, 1.82) is 0 Å². The summed E-state index contributed by atoms with van der Waals surface area (Å²) in [7, 11) is 0. The second-order valence-electron chi connectivity index (χ2n) is 4.87. The van der Waals surface area contributed by atoms with Crippen LogP contribution in [-0.2, 0) is 12.3 Å². The van der Waals surface area contributed by atoms with Gasteiger partial charge in [-0.25, -0.2) is 9.59 Å². The number of hydrogen-bond acceptors (Lipinski definition) is 5. The fraction of sp³-hybridized carbons (Fsp3) is 0.200. The van der Waals surface area contributed by atoms with E-state index in [1.807, 2.05) is 0 Å². The van der Waals surface area contributed by atoms with E-state index in [1.54, 1.807) is 6.07 Å². The lowest BCUT2D eigenvalue weighted by atomic mass is 10.0. The summed E-state index contributed by atoms with van der Waals surface area (Å²) in [6.07, 6.45) is 0.633. The molecule has 0 fully saturated rings. The van der Waals surface area contributed by atoms with Crippen LogP contribution in [0.1, 0.15) is 11.1 Å². The molecule has 0 saturated carbocycles. The van der Waals surface area contributed by atoms with E-state index in [0.29, 0.717) is 40.9 Å². The number of ether oxygens (including phenoxy) is 1. The van der Waals surface area contributed by atoms with Gasteiger partial charge in [-0.05, 0) is 11.1 Å². The molecule has 0 atom stereocenters. The van der Waals surface area contributed by atoms with Crippen LogP contribution in [0.2, 0.25) is 0 Å². The zero-order valence-corrected chi connectivity index (χ0v) is 11.5. The Morgan fingerprint density at radius 2 is 1.86 bits per heavy atom. The standard InChI is InChI=1S/C15H9ClO5/c16-6-8-4-11(17)20-10-5-9-13-7(1-2-19-9)3-12(18)21-15(13)14(8)10/h3-5H,1-2,6H2. The largest absolute Gasteiger partial charge is 0.492 e. The van der Waals surface area contributed by atoms with Crippen molar-refractivity contribution in [2.24, 2.45) is 0 Å². The summed E-state index contributed by atoms with van der Waals surface area (Å²) in [5, 5.41) is 1.29. The van der Waals surface area contributed by atoms with Gasteiger partial charge in [0.1, 0.15) is 11.3 Å². The lowest BCUT2D eigenvalue weighted by Gasteiger charge is -2.18. The summed E-state index contributed by atoms with van der Waals surface area (Å²) >= 11 is 5.91. The van der Waals surface area contributed by atoms with Gasteiger partial charge in [-0.2, -0.15) is 0 Å². The third-order valence-corrected chi connectivity index (χ3v) is 3.91. The Morgan fingerprint density at radius 3 is 2.67 bits per heavy atom. The van der Waals surface area contributed by atoms with Crippen molar-refractivity contribution in [1.82, 2.24) is 0 Å². The molecule has 0 saturated heterocycles. The van der Waals surface area contributed by atoms with Crippen molar-refractivity contribution in [3.05, 3.63) is 50.2 Å². The number of fused-ring (bicyclic) bond motifs is 2. The van der Waals surface area contributed by atoms with Crippen molar-refractivity contribution >= 4 is 33.5 Å². The molecule has 0 N–H and O–H groups in total. The molecule has 0 unspecified atom stereocenters. The zero-order chi connectivity index (χ0) is 14.6. The van der Waals surface area contributed by atoms with Gasteiger partial charge in [0.15, 0.2) is 5.58 Å². The number of halogens is 1. The van der Waals surface area contributed by atoms with Gasteiger partial charge in [0, 0.05) is 30.5 Å². The normalized spacial score (nSPS) is 13.6. The molecule has 3 heterocycles. The molecule has 0 radical (unpaired) electrons. The number of alkyl halides is 1. The first-order valence-corrected chi connectivity index (χ1v) is 6.96. The monoisotopic (exact) mass is 304 g/mol. The average molecular weight is 305 g/mol. The molecule has 1 aromatic carbocycles. The van der Waals surface area contributed by atoms with Crippen LogP contribution in [0.4, 0.5) is 0 Å². The van der Waals surface area contributed by atoms with Gasteiger partial charge in [-0.1, -0.05) is 0 Å². The van der Waals surface area contributed by atoms with Crippen LogP contribution < -0.4 is 16.0 Å². The van der Waals surface area contributed by atoms with Crippen molar-refractivity contribution in [3.63, 3.8) is 0 Å². The lowest BCUT2D eigenvalue weighted by molar-refractivity contribution is 0.316.